The largest absolute Gasteiger partial charge is 0.348 e. The number of amides is 2. The van der Waals surface area contributed by atoms with Crippen molar-refractivity contribution >= 4 is 11.8 Å². The van der Waals surface area contributed by atoms with E-state index in [9.17, 15) is 9.59 Å². The van der Waals surface area contributed by atoms with Crippen molar-refractivity contribution in [3.63, 3.8) is 0 Å². The summed E-state index contributed by atoms with van der Waals surface area (Å²) in [6, 6.07) is 9.51. The van der Waals surface area contributed by atoms with Gasteiger partial charge in [0.25, 0.3) is 11.8 Å². The maximum atomic E-state index is 13.1. The van der Waals surface area contributed by atoms with Crippen molar-refractivity contribution in [2.45, 2.75) is 38.8 Å². The molecule has 0 spiro atoms. The molecule has 1 N–H and O–H groups in total. The summed E-state index contributed by atoms with van der Waals surface area (Å²) in [6.45, 7) is 2.88. The quantitative estimate of drug-likeness (QED) is 0.688. The van der Waals surface area contributed by atoms with Gasteiger partial charge < -0.3 is 14.8 Å². The highest BCUT2D eigenvalue weighted by atomic mass is 16.2. The first-order valence-corrected chi connectivity index (χ1v) is 10.5. The molecule has 1 fully saturated rings. The molecular formula is C23H26N6O2. The molecule has 0 aliphatic carbocycles. The predicted octanol–water partition coefficient (Wildman–Crippen LogP) is 2.82. The Labute approximate surface area is 181 Å². The molecule has 8 heteroatoms. The van der Waals surface area contributed by atoms with Crippen LogP contribution in [0.2, 0.25) is 0 Å². The Morgan fingerprint density at radius 1 is 1.16 bits per heavy atom. The van der Waals surface area contributed by atoms with E-state index in [2.05, 4.69) is 20.3 Å². The average Bonchev–Trinajstić information content (AvgIpc) is 3.23. The standard InChI is InChI=1S/C23H26N6O2/c1-16-18(22(30)26-14-17-8-4-3-5-9-17)15-25-20(27-16)19-10-6-7-12-29(19)23(31)21-24-11-13-28(21)2/h3-5,8-9,11,13,15,19H,6-7,10,12,14H2,1-2H3,(H,26,30)/t19-/m1/s1. The lowest BCUT2D eigenvalue weighted by Gasteiger charge is -2.34. The number of imidazole rings is 1. The molecule has 0 bridgehead atoms. The molecule has 2 amide bonds. The maximum absolute atomic E-state index is 13.1. The van der Waals surface area contributed by atoms with Crippen molar-refractivity contribution in [2.24, 2.45) is 7.05 Å². The average molecular weight is 419 g/mol. The molecule has 1 saturated heterocycles. The number of hydrogen-bond donors (Lipinski definition) is 1. The SMILES string of the molecule is Cc1nc([C@H]2CCCCN2C(=O)c2nccn2C)ncc1C(=O)NCc1ccccc1. The number of carbonyl (C=O) groups excluding carboxylic acids is 2. The lowest BCUT2D eigenvalue weighted by atomic mass is 10.0. The normalized spacial score (nSPS) is 16.2. The van der Waals surface area contributed by atoms with E-state index in [0.717, 1.165) is 24.8 Å². The lowest BCUT2D eigenvalue weighted by Crippen LogP contribution is -2.40. The molecule has 8 nitrogen and oxygen atoms in total. The molecule has 0 unspecified atom stereocenters. The summed E-state index contributed by atoms with van der Waals surface area (Å²) >= 11 is 0. The summed E-state index contributed by atoms with van der Waals surface area (Å²) in [5.74, 6) is 0.639. The third-order valence-electron chi connectivity index (χ3n) is 5.61. The monoisotopic (exact) mass is 418 g/mol. The Bertz CT molecular complexity index is 1080. The van der Waals surface area contributed by atoms with Gasteiger partial charge in [-0.1, -0.05) is 30.3 Å². The number of hydrogen-bond acceptors (Lipinski definition) is 5. The Balaban J connectivity index is 1.51. The van der Waals surface area contributed by atoms with Gasteiger partial charge in [0.15, 0.2) is 11.6 Å². The second-order valence-corrected chi connectivity index (χ2v) is 7.77. The van der Waals surface area contributed by atoms with Crippen molar-refractivity contribution in [3.05, 3.63) is 77.4 Å². The van der Waals surface area contributed by atoms with E-state index in [0.29, 0.717) is 36.0 Å². The lowest BCUT2D eigenvalue weighted by molar-refractivity contribution is 0.0582. The third kappa shape index (κ3) is 4.47. The van der Waals surface area contributed by atoms with E-state index in [1.807, 2.05) is 37.4 Å². The van der Waals surface area contributed by atoms with Crippen LogP contribution in [-0.2, 0) is 13.6 Å². The second-order valence-electron chi connectivity index (χ2n) is 7.77. The van der Waals surface area contributed by atoms with Crippen LogP contribution in [0.1, 0.15) is 63.4 Å². The fourth-order valence-electron chi connectivity index (χ4n) is 3.89. The number of piperidine rings is 1. The van der Waals surface area contributed by atoms with Crippen LogP contribution in [0, 0.1) is 6.92 Å². The number of benzene rings is 1. The summed E-state index contributed by atoms with van der Waals surface area (Å²) in [6.07, 6.45) is 7.67. The van der Waals surface area contributed by atoms with E-state index in [4.69, 9.17) is 0 Å². The Morgan fingerprint density at radius 2 is 1.97 bits per heavy atom. The summed E-state index contributed by atoms with van der Waals surface area (Å²) < 4.78 is 1.72. The van der Waals surface area contributed by atoms with Crippen LogP contribution < -0.4 is 5.32 Å². The van der Waals surface area contributed by atoms with Gasteiger partial charge in [-0.25, -0.2) is 15.0 Å². The molecule has 4 rings (SSSR count). The van der Waals surface area contributed by atoms with Crippen LogP contribution in [0.25, 0.3) is 0 Å². The summed E-state index contributed by atoms with van der Waals surface area (Å²) in [5, 5.41) is 2.91. The highest BCUT2D eigenvalue weighted by Crippen LogP contribution is 2.30. The Morgan fingerprint density at radius 3 is 2.68 bits per heavy atom. The number of nitrogens with zero attached hydrogens (tertiary/aromatic N) is 5. The van der Waals surface area contributed by atoms with Gasteiger partial charge in [0, 0.05) is 38.7 Å². The zero-order chi connectivity index (χ0) is 21.8. The number of carbonyl (C=O) groups is 2. The topological polar surface area (TPSA) is 93.0 Å². The van der Waals surface area contributed by atoms with Gasteiger partial charge in [0.1, 0.15) is 0 Å². The Kier molecular flexibility index (Phi) is 6.06. The first-order chi connectivity index (χ1) is 15.0. The van der Waals surface area contributed by atoms with Gasteiger partial charge in [-0.3, -0.25) is 9.59 Å². The molecule has 31 heavy (non-hydrogen) atoms. The summed E-state index contributed by atoms with van der Waals surface area (Å²) in [5.41, 5.74) is 2.07. The van der Waals surface area contributed by atoms with Gasteiger partial charge in [-0.2, -0.15) is 0 Å². The van der Waals surface area contributed by atoms with Crippen LogP contribution in [0.4, 0.5) is 0 Å². The summed E-state index contributed by atoms with van der Waals surface area (Å²) in [4.78, 5) is 40.8. The minimum Gasteiger partial charge on any atom is -0.348 e. The molecule has 1 aliphatic heterocycles. The van der Waals surface area contributed by atoms with Crippen molar-refractivity contribution < 1.29 is 9.59 Å². The van der Waals surface area contributed by atoms with Crippen LogP contribution in [-0.4, -0.2) is 42.8 Å². The molecule has 1 aromatic carbocycles. The summed E-state index contributed by atoms with van der Waals surface area (Å²) in [7, 11) is 1.81. The zero-order valence-corrected chi connectivity index (χ0v) is 17.8. The predicted molar refractivity (Wildman–Crippen MR) is 115 cm³/mol. The second kappa shape index (κ2) is 9.07. The molecular weight excluding hydrogens is 392 g/mol. The van der Waals surface area contributed by atoms with Gasteiger partial charge in [0.05, 0.1) is 17.3 Å². The van der Waals surface area contributed by atoms with E-state index >= 15 is 0 Å². The smallest absolute Gasteiger partial charge is 0.290 e. The van der Waals surface area contributed by atoms with E-state index in [1.54, 1.807) is 35.0 Å². The number of rotatable bonds is 5. The molecule has 3 aromatic rings. The minimum absolute atomic E-state index is 0.122. The molecule has 0 saturated carbocycles. The molecule has 160 valence electrons. The zero-order valence-electron chi connectivity index (χ0n) is 17.8. The van der Waals surface area contributed by atoms with Crippen LogP contribution in [0.5, 0.6) is 0 Å². The van der Waals surface area contributed by atoms with Crippen LogP contribution >= 0.6 is 0 Å². The fourth-order valence-corrected chi connectivity index (χ4v) is 3.89. The number of likely N-dealkylation sites (tertiary alicyclic amines) is 1. The van der Waals surface area contributed by atoms with Gasteiger partial charge in [-0.15, -0.1) is 0 Å². The van der Waals surface area contributed by atoms with E-state index in [1.165, 1.54) is 0 Å². The van der Waals surface area contributed by atoms with Crippen LogP contribution in [0.3, 0.4) is 0 Å². The van der Waals surface area contributed by atoms with E-state index in [-0.39, 0.29) is 17.9 Å². The van der Waals surface area contributed by atoms with Gasteiger partial charge in [-0.05, 0) is 31.7 Å². The minimum atomic E-state index is -0.224. The van der Waals surface area contributed by atoms with Crippen molar-refractivity contribution in [2.75, 3.05) is 6.54 Å². The Hall–Kier alpha value is -3.55. The van der Waals surface area contributed by atoms with Gasteiger partial charge >= 0.3 is 0 Å². The molecule has 1 atom stereocenters. The van der Waals surface area contributed by atoms with Crippen LogP contribution in [0.15, 0.2) is 48.9 Å². The molecule has 0 radical (unpaired) electrons. The highest BCUT2D eigenvalue weighted by molar-refractivity contribution is 5.95. The van der Waals surface area contributed by atoms with Crippen molar-refractivity contribution in [3.8, 4) is 0 Å². The number of aromatic nitrogens is 4. The molecule has 1 aliphatic rings. The fraction of sp³-hybridized carbons (Fsp3) is 0.348. The van der Waals surface area contributed by atoms with Crippen molar-refractivity contribution in [1.29, 1.82) is 0 Å². The first kappa shape index (κ1) is 20.7. The van der Waals surface area contributed by atoms with E-state index < -0.39 is 0 Å². The highest BCUT2D eigenvalue weighted by Gasteiger charge is 2.32. The third-order valence-corrected chi connectivity index (χ3v) is 5.61. The molecule has 3 heterocycles. The number of aryl methyl sites for hydroxylation is 2. The van der Waals surface area contributed by atoms with Crippen molar-refractivity contribution in [1.82, 2.24) is 29.7 Å². The van der Waals surface area contributed by atoms with Gasteiger partial charge in [0.2, 0.25) is 0 Å². The number of nitrogens with one attached hydrogen (secondary N) is 1. The maximum Gasteiger partial charge on any atom is 0.290 e. The first-order valence-electron chi connectivity index (χ1n) is 10.5. The molecule has 2 aromatic heterocycles.